The third-order valence-electron chi connectivity index (χ3n) is 4.37. The van der Waals surface area contributed by atoms with Gasteiger partial charge in [0, 0.05) is 11.1 Å². The van der Waals surface area contributed by atoms with E-state index in [-0.39, 0.29) is 0 Å². The first-order valence-corrected chi connectivity index (χ1v) is 7.80. The van der Waals surface area contributed by atoms with Gasteiger partial charge in [0.2, 0.25) is 0 Å². The minimum absolute atomic E-state index is 0.886. The van der Waals surface area contributed by atoms with Crippen molar-refractivity contribution in [3.63, 3.8) is 0 Å². The highest BCUT2D eigenvalue weighted by Gasteiger charge is 2.25. The van der Waals surface area contributed by atoms with Gasteiger partial charge in [-0.1, -0.05) is 60.4 Å². The normalized spacial score (nSPS) is 13.9. The summed E-state index contributed by atoms with van der Waals surface area (Å²) in [7, 11) is 0. The van der Waals surface area contributed by atoms with E-state index >= 15 is 0 Å². The van der Waals surface area contributed by atoms with Gasteiger partial charge < -0.3 is 0 Å². The van der Waals surface area contributed by atoms with E-state index in [0.29, 0.717) is 0 Å². The first-order chi connectivity index (χ1) is 11.8. The zero-order chi connectivity index (χ0) is 16.5. The number of rotatable bonds is 0. The minimum atomic E-state index is 0.886. The maximum absolute atomic E-state index is 5.61. The Balaban J connectivity index is 2.09. The number of benzene rings is 2. The van der Waals surface area contributed by atoms with Crippen molar-refractivity contribution < 1.29 is 0 Å². The van der Waals surface area contributed by atoms with Crippen molar-refractivity contribution in [2.75, 3.05) is 0 Å². The van der Waals surface area contributed by atoms with Gasteiger partial charge in [-0.15, -0.1) is 12.8 Å². The van der Waals surface area contributed by atoms with Crippen LogP contribution in [0.2, 0.25) is 0 Å². The molecule has 0 saturated carbocycles. The predicted molar refractivity (Wildman–Crippen MR) is 101 cm³/mol. The SMILES string of the molecule is C#Cc1ccc2c(c1)C(=C1C=CC=CC=C1)c1cc(C#C)ccc1-2. The Bertz CT molecular complexity index is 971. The number of fused-ring (bicyclic) bond motifs is 3. The molecule has 2 aromatic carbocycles. The maximum Gasteiger partial charge on any atom is 0.0249 e. The van der Waals surface area contributed by atoms with E-state index in [1.165, 1.54) is 27.8 Å². The molecule has 0 heteroatoms. The van der Waals surface area contributed by atoms with Crippen LogP contribution in [0.1, 0.15) is 22.3 Å². The Morgan fingerprint density at radius 3 is 1.54 bits per heavy atom. The summed E-state index contributed by atoms with van der Waals surface area (Å²) in [6.07, 6.45) is 23.6. The second-order valence-corrected chi connectivity index (χ2v) is 5.74. The fraction of sp³-hybridized carbons (Fsp3) is 0. The van der Waals surface area contributed by atoms with Gasteiger partial charge in [0.1, 0.15) is 0 Å². The molecule has 110 valence electrons. The van der Waals surface area contributed by atoms with Crippen LogP contribution in [0.5, 0.6) is 0 Å². The average Bonchev–Trinajstić information content (AvgIpc) is 2.78. The lowest BCUT2D eigenvalue weighted by molar-refractivity contribution is 1.58. The summed E-state index contributed by atoms with van der Waals surface area (Å²) in [5.41, 5.74) is 8.85. The average molecular weight is 302 g/mol. The van der Waals surface area contributed by atoms with Crippen LogP contribution in [0.25, 0.3) is 16.7 Å². The molecule has 0 saturated heterocycles. The Morgan fingerprint density at radius 1 is 0.583 bits per heavy atom. The van der Waals surface area contributed by atoms with Crippen molar-refractivity contribution in [1.82, 2.24) is 0 Å². The van der Waals surface area contributed by atoms with Crippen LogP contribution in [0, 0.1) is 24.7 Å². The molecule has 0 nitrogen and oxygen atoms in total. The molecule has 0 amide bonds. The van der Waals surface area contributed by atoms with Crippen LogP contribution in [-0.4, -0.2) is 0 Å². The van der Waals surface area contributed by atoms with E-state index in [1.54, 1.807) is 0 Å². The smallest absolute Gasteiger partial charge is 0.0249 e. The molecule has 0 radical (unpaired) electrons. The molecular formula is C24H14. The van der Waals surface area contributed by atoms with E-state index in [0.717, 1.165) is 16.7 Å². The van der Waals surface area contributed by atoms with E-state index in [2.05, 4.69) is 60.4 Å². The molecular weight excluding hydrogens is 288 g/mol. The largest absolute Gasteiger partial charge is 0.115 e. The van der Waals surface area contributed by atoms with Crippen molar-refractivity contribution in [2.24, 2.45) is 0 Å². The lowest BCUT2D eigenvalue weighted by Crippen LogP contribution is -1.88. The van der Waals surface area contributed by atoms with Gasteiger partial charge in [-0.25, -0.2) is 0 Å². The highest BCUT2D eigenvalue weighted by Crippen LogP contribution is 2.46. The van der Waals surface area contributed by atoms with Crippen LogP contribution < -0.4 is 0 Å². The standard InChI is InChI=1S/C24H14/c1-3-17-11-13-20-21-14-12-18(4-2)16-23(21)24(22(20)15-17)19-9-7-5-6-8-10-19/h1-2,5-16H. The summed E-state index contributed by atoms with van der Waals surface area (Å²) in [6, 6.07) is 12.4. The molecule has 0 heterocycles. The lowest BCUT2D eigenvalue weighted by atomic mass is 9.95. The van der Waals surface area contributed by atoms with Gasteiger partial charge in [-0.2, -0.15) is 0 Å². The summed E-state index contributed by atoms with van der Waals surface area (Å²) < 4.78 is 0. The molecule has 0 aromatic heterocycles. The summed E-state index contributed by atoms with van der Waals surface area (Å²) in [5.74, 6) is 5.48. The Labute approximate surface area is 142 Å². The van der Waals surface area contributed by atoms with Crippen LogP contribution in [-0.2, 0) is 0 Å². The zero-order valence-electron chi connectivity index (χ0n) is 13.1. The van der Waals surface area contributed by atoms with Crippen molar-refractivity contribution in [2.45, 2.75) is 0 Å². The van der Waals surface area contributed by atoms with E-state index in [9.17, 15) is 0 Å². The zero-order valence-corrected chi connectivity index (χ0v) is 13.1. The summed E-state index contributed by atoms with van der Waals surface area (Å²) in [6.45, 7) is 0. The number of allylic oxidation sites excluding steroid dienone is 7. The highest BCUT2D eigenvalue weighted by molar-refractivity contribution is 6.04. The fourth-order valence-corrected chi connectivity index (χ4v) is 3.28. The molecule has 2 aliphatic rings. The quantitative estimate of drug-likeness (QED) is 0.506. The van der Waals surface area contributed by atoms with E-state index in [4.69, 9.17) is 12.8 Å². The van der Waals surface area contributed by atoms with Crippen LogP contribution >= 0.6 is 0 Å². The summed E-state index contributed by atoms with van der Waals surface area (Å²) in [5, 5.41) is 0. The minimum Gasteiger partial charge on any atom is -0.115 e. The number of terminal acetylenes is 2. The lowest BCUT2D eigenvalue weighted by Gasteiger charge is -2.07. The molecule has 0 atom stereocenters. The molecule has 0 aliphatic heterocycles. The van der Waals surface area contributed by atoms with E-state index < -0.39 is 0 Å². The predicted octanol–water partition coefficient (Wildman–Crippen LogP) is 5.11. The first-order valence-electron chi connectivity index (χ1n) is 7.80. The molecule has 0 spiro atoms. The maximum atomic E-state index is 5.61. The number of hydrogen-bond donors (Lipinski definition) is 0. The summed E-state index contributed by atoms with van der Waals surface area (Å²) in [4.78, 5) is 0. The second-order valence-electron chi connectivity index (χ2n) is 5.74. The Kier molecular flexibility index (Phi) is 3.31. The monoisotopic (exact) mass is 302 g/mol. The first kappa shape index (κ1) is 14.1. The van der Waals surface area contributed by atoms with Gasteiger partial charge in [0.15, 0.2) is 0 Å². The van der Waals surface area contributed by atoms with Crippen molar-refractivity contribution in [1.29, 1.82) is 0 Å². The van der Waals surface area contributed by atoms with Crippen LogP contribution in [0.4, 0.5) is 0 Å². The second kappa shape index (κ2) is 5.62. The van der Waals surface area contributed by atoms with Crippen molar-refractivity contribution in [3.05, 3.63) is 101 Å². The van der Waals surface area contributed by atoms with Crippen molar-refractivity contribution in [3.8, 4) is 35.8 Å². The van der Waals surface area contributed by atoms with Gasteiger partial charge in [-0.3, -0.25) is 0 Å². The molecule has 2 aromatic rings. The topological polar surface area (TPSA) is 0 Å². The van der Waals surface area contributed by atoms with Crippen LogP contribution in [0.3, 0.4) is 0 Å². The highest BCUT2D eigenvalue weighted by atomic mass is 14.3. The molecule has 0 N–H and O–H groups in total. The molecule has 2 aliphatic carbocycles. The molecule has 0 unspecified atom stereocenters. The van der Waals surface area contributed by atoms with Crippen LogP contribution in [0.15, 0.2) is 78.4 Å². The fourth-order valence-electron chi connectivity index (χ4n) is 3.28. The van der Waals surface area contributed by atoms with E-state index in [1.807, 2.05) is 24.3 Å². The van der Waals surface area contributed by atoms with Gasteiger partial charge in [-0.05, 0) is 57.7 Å². The summed E-state index contributed by atoms with van der Waals surface area (Å²) >= 11 is 0. The van der Waals surface area contributed by atoms with Crippen molar-refractivity contribution >= 4 is 5.57 Å². The molecule has 0 bridgehead atoms. The molecule has 0 fully saturated rings. The van der Waals surface area contributed by atoms with Gasteiger partial charge >= 0.3 is 0 Å². The van der Waals surface area contributed by atoms with Gasteiger partial charge in [0.25, 0.3) is 0 Å². The third kappa shape index (κ3) is 2.14. The van der Waals surface area contributed by atoms with Gasteiger partial charge in [0.05, 0.1) is 0 Å². The number of hydrogen-bond acceptors (Lipinski definition) is 0. The molecule has 24 heavy (non-hydrogen) atoms. The Hall–Kier alpha value is -3.48. The third-order valence-corrected chi connectivity index (χ3v) is 4.37. The Morgan fingerprint density at radius 2 is 1.08 bits per heavy atom. The molecule has 4 rings (SSSR count).